The predicted molar refractivity (Wildman–Crippen MR) is 72.8 cm³/mol. The van der Waals surface area contributed by atoms with Crippen LogP contribution in [0.15, 0.2) is 36.5 Å². The Kier molecular flexibility index (Phi) is 3.43. The minimum Gasteiger partial charge on any atom is -0.383 e. The number of aryl methyl sites for hydroxylation is 2. The number of pyridine rings is 1. The maximum atomic E-state index is 5.72. The van der Waals surface area contributed by atoms with Gasteiger partial charge in [-0.15, -0.1) is 0 Å². The van der Waals surface area contributed by atoms with Crippen LogP contribution < -0.4 is 5.73 Å². The Morgan fingerprint density at radius 3 is 2.41 bits per heavy atom. The molecule has 17 heavy (non-hydrogen) atoms. The van der Waals surface area contributed by atoms with Crippen molar-refractivity contribution in [3.05, 3.63) is 47.7 Å². The molecule has 2 aromatic rings. The van der Waals surface area contributed by atoms with Gasteiger partial charge in [0, 0.05) is 11.8 Å². The third-order valence-electron chi connectivity index (χ3n) is 2.94. The second kappa shape index (κ2) is 5.00. The molecular formula is C15H18N2. The molecular weight excluding hydrogens is 208 g/mol. The SMILES string of the molecule is CCCc1ccc(-c2cnc(N)c(C)c2)cc1. The van der Waals surface area contributed by atoms with E-state index in [1.54, 1.807) is 0 Å². The minimum absolute atomic E-state index is 0.608. The fourth-order valence-corrected chi connectivity index (χ4v) is 1.90. The quantitative estimate of drug-likeness (QED) is 0.868. The van der Waals surface area contributed by atoms with Crippen LogP contribution in [0.25, 0.3) is 11.1 Å². The molecule has 2 nitrogen and oxygen atoms in total. The van der Waals surface area contributed by atoms with Crippen LogP contribution in [-0.4, -0.2) is 4.98 Å². The largest absolute Gasteiger partial charge is 0.383 e. The topological polar surface area (TPSA) is 38.9 Å². The van der Waals surface area contributed by atoms with E-state index in [1.165, 1.54) is 17.5 Å². The van der Waals surface area contributed by atoms with Crippen LogP contribution in [0.3, 0.4) is 0 Å². The predicted octanol–water partition coefficient (Wildman–Crippen LogP) is 3.59. The van der Waals surface area contributed by atoms with Gasteiger partial charge in [0.05, 0.1) is 0 Å². The van der Waals surface area contributed by atoms with Crippen molar-refractivity contribution in [3.63, 3.8) is 0 Å². The summed E-state index contributed by atoms with van der Waals surface area (Å²) < 4.78 is 0. The summed E-state index contributed by atoms with van der Waals surface area (Å²) in [6, 6.07) is 10.8. The second-order valence-electron chi connectivity index (χ2n) is 4.37. The van der Waals surface area contributed by atoms with Gasteiger partial charge in [0.2, 0.25) is 0 Å². The van der Waals surface area contributed by atoms with E-state index in [0.29, 0.717) is 5.82 Å². The lowest BCUT2D eigenvalue weighted by molar-refractivity contribution is 0.922. The van der Waals surface area contributed by atoms with Crippen molar-refractivity contribution in [3.8, 4) is 11.1 Å². The van der Waals surface area contributed by atoms with Crippen LogP contribution in [0.2, 0.25) is 0 Å². The highest BCUT2D eigenvalue weighted by atomic mass is 14.8. The Morgan fingerprint density at radius 1 is 1.12 bits per heavy atom. The lowest BCUT2D eigenvalue weighted by atomic mass is 10.0. The molecule has 0 aliphatic carbocycles. The molecule has 0 fully saturated rings. The van der Waals surface area contributed by atoms with Crippen molar-refractivity contribution in [2.45, 2.75) is 26.7 Å². The summed E-state index contributed by atoms with van der Waals surface area (Å²) in [6.45, 7) is 4.18. The summed E-state index contributed by atoms with van der Waals surface area (Å²) >= 11 is 0. The maximum absolute atomic E-state index is 5.72. The van der Waals surface area contributed by atoms with Gasteiger partial charge in [-0.25, -0.2) is 4.98 Å². The molecule has 0 amide bonds. The molecule has 1 aromatic heterocycles. The Hall–Kier alpha value is -1.83. The Balaban J connectivity index is 2.30. The normalized spacial score (nSPS) is 10.5. The number of nitrogen functional groups attached to an aromatic ring is 1. The van der Waals surface area contributed by atoms with Crippen molar-refractivity contribution in [1.29, 1.82) is 0 Å². The molecule has 2 rings (SSSR count). The molecule has 2 heteroatoms. The van der Waals surface area contributed by atoms with Crippen LogP contribution in [0.5, 0.6) is 0 Å². The van der Waals surface area contributed by atoms with Crippen molar-refractivity contribution < 1.29 is 0 Å². The zero-order chi connectivity index (χ0) is 12.3. The fourth-order valence-electron chi connectivity index (χ4n) is 1.90. The lowest BCUT2D eigenvalue weighted by Crippen LogP contribution is -1.94. The van der Waals surface area contributed by atoms with Gasteiger partial charge in [-0.2, -0.15) is 0 Å². The van der Waals surface area contributed by atoms with Gasteiger partial charge in [-0.3, -0.25) is 0 Å². The summed E-state index contributed by atoms with van der Waals surface area (Å²) in [6.07, 6.45) is 4.15. The van der Waals surface area contributed by atoms with Crippen LogP contribution in [-0.2, 0) is 6.42 Å². The maximum Gasteiger partial charge on any atom is 0.126 e. The molecule has 1 heterocycles. The first-order valence-electron chi connectivity index (χ1n) is 6.02. The lowest BCUT2D eigenvalue weighted by Gasteiger charge is -2.05. The van der Waals surface area contributed by atoms with Gasteiger partial charge in [0.15, 0.2) is 0 Å². The smallest absolute Gasteiger partial charge is 0.126 e. The molecule has 2 N–H and O–H groups in total. The van der Waals surface area contributed by atoms with Crippen molar-refractivity contribution in [2.75, 3.05) is 5.73 Å². The number of rotatable bonds is 3. The second-order valence-corrected chi connectivity index (χ2v) is 4.37. The van der Waals surface area contributed by atoms with Crippen LogP contribution in [0, 0.1) is 6.92 Å². The number of nitrogens with two attached hydrogens (primary N) is 1. The number of aromatic nitrogens is 1. The standard InChI is InChI=1S/C15H18N2/c1-3-4-12-5-7-13(8-6-12)14-9-11(2)15(16)17-10-14/h5-10H,3-4H2,1-2H3,(H2,16,17). The first-order chi connectivity index (χ1) is 8.20. The first-order valence-corrected chi connectivity index (χ1v) is 6.02. The molecule has 0 aliphatic rings. The van der Waals surface area contributed by atoms with Gasteiger partial charge >= 0.3 is 0 Å². The summed E-state index contributed by atoms with van der Waals surface area (Å²) in [5.74, 6) is 0.608. The molecule has 0 saturated heterocycles. The third kappa shape index (κ3) is 2.64. The van der Waals surface area contributed by atoms with Crippen molar-refractivity contribution in [2.24, 2.45) is 0 Å². The molecule has 0 radical (unpaired) electrons. The summed E-state index contributed by atoms with van der Waals surface area (Å²) in [7, 11) is 0. The summed E-state index contributed by atoms with van der Waals surface area (Å²) in [5.41, 5.74) is 10.5. The van der Waals surface area contributed by atoms with Gasteiger partial charge in [-0.1, -0.05) is 37.6 Å². The van der Waals surface area contributed by atoms with Crippen LogP contribution in [0.4, 0.5) is 5.82 Å². The number of nitrogens with zero attached hydrogens (tertiary/aromatic N) is 1. The van der Waals surface area contributed by atoms with E-state index in [-0.39, 0.29) is 0 Å². The summed E-state index contributed by atoms with van der Waals surface area (Å²) in [4.78, 5) is 4.19. The number of anilines is 1. The van der Waals surface area contributed by atoms with E-state index in [4.69, 9.17) is 5.73 Å². The van der Waals surface area contributed by atoms with E-state index in [2.05, 4.69) is 42.2 Å². The van der Waals surface area contributed by atoms with Gasteiger partial charge < -0.3 is 5.73 Å². The van der Waals surface area contributed by atoms with Gasteiger partial charge in [0.25, 0.3) is 0 Å². The molecule has 0 atom stereocenters. The number of benzene rings is 1. The fraction of sp³-hybridized carbons (Fsp3) is 0.267. The van der Waals surface area contributed by atoms with E-state index in [1.807, 2.05) is 13.1 Å². The number of hydrogen-bond donors (Lipinski definition) is 1. The average Bonchev–Trinajstić information content (AvgIpc) is 2.34. The zero-order valence-electron chi connectivity index (χ0n) is 10.4. The van der Waals surface area contributed by atoms with Crippen molar-refractivity contribution in [1.82, 2.24) is 4.98 Å². The van der Waals surface area contributed by atoms with Crippen LogP contribution in [0.1, 0.15) is 24.5 Å². The van der Waals surface area contributed by atoms with E-state index >= 15 is 0 Å². The average molecular weight is 226 g/mol. The van der Waals surface area contributed by atoms with Crippen molar-refractivity contribution >= 4 is 5.82 Å². The van der Waals surface area contributed by atoms with E-state index < -0.39 is 0 Å². The Bertz CT molecular complexity index is 501. The molecule has 88 valence electrons. The first kappa shape index (κ1) is 11.6. The monoisotopic (exact) mass is 226 g/mol. The van der Waals surface area contributed by atoms with Gasteiger partial charge in [0.1, 0.15) is 5.82 Å². The van der Waals surface area contributed by atoms with E-state index in [0.717, 1.165) is 17.5 Å². The molecule has 0 bridgehead atoms. The highest BCUT2D eigenvalue weighted by molar-refractivity contribution is 5.65. The zero-order valence-corrected chi connectivity index (χ0v) is 10.4. The highest BCUT2D eigenvalue weighted by Gasteiger charge is 2.01. The molecule has 1 aromatic carbocycles. The van der Waals surface area contributed by atoms with E-state index in [9.17, 15) is 0 Å². The Labute approximate surface area is 103 Å². The minimum atomic E-state index is 0.608. The molecule has 0 saturated carbocycles. The van der Waals surface area contributed by atoms with Gasteiger partial charge in [-0.05, 0) is 36.1 Å². The molecule has 0 aliphatic heterocycles. The molecule has 0 spiro atoms. The molecule has 0 unspecified atom stereocenters. The highest BCUT2D eigenvalue weighted by Crippen LogP contribution is 2.22. The Morgan fingerprint density at radius 2 is 1.82 bits per heavy atom. The number of hydrogen-bond acceptors (Lipinski definition) is 2. The summed E-state index contributed by atoms with van der Waals surface area (Å²) in [5, 5.41) is 0. The van der Waals surface area contributed by atoms with Crippen LogP contribution >= 0.6 is 0 Å². The third-order valence-corrected chi connectivity index (χ3v) is 2.94.